The molecular formula is C25H27BN4O. The third-order valence-corrected chi connectivity index (χ3v) is 6.53. The van der Waals surface area contributed by atoms with Gasteiger partial charge in [-0.2, -0.15) is 0 Å². The molecule has 3 N–H and O–H groups in total. The van der Waals surface area contributed by atoms with Gasteiger partial charge < -0.3 is 15.8 Å². The Labute approximate surface area is 184 Å². The van der Waals surface area contributed by atoms with E-state index >= 15 is 0 Å². The Morgan fingerprint density at radius 1 is 0.935 bits per heavy atom. The number of benzene rings is 1. The second-order valence-electron chi connectivity index (χ2n) is 8.51. The summed E-state index contributed by atoms with van der Waals surface area (Å²) in [6.07, 6.45) is 8.15. The molecule has 2 aliphatic rings. The Morgan fingerprint density at radius 2 is 1.81 bits per heavy atom. The molecule has 5 rings (SSSR count). The van der Waals surface area contributed by atoms with Crippen molar-refractivity contribution in [2.75, 3.05) is 25.5 Å². The van der Waals surface area contributed by atoms with E-state index in [0.717, 1.165) is 54.9 Å². The predicted molar refractivity (Wildman–Crippen MR) is 125 cm³/mol. The molecule has 0 spiro atoms. The van der Waals surface area contributed by atoms with E-state index in [1.54, 1.807) is 6.20 Å². The zero-order valence-corrected chi connectivity index (χ0v) is 17.7. The van der Waals surface area contributed by atoms with Crippen molar-refractivity contribution in [3.8, 4) is 22.3 Å². The van der Waals surface area contributed by atoms with Crippen LogP contribution < -0.4 is 16.6 Å². The average molecular weight is 410 g/mol. The molecule has 0 bridgehead atoms. The van der Waals surface area contributed by atoms with E-state index in [2.05, 4.69) is 39.6 Å². The van der Waals surface area contributed by atoms with Crippen molar-refractivity contribution in [1.29, 1.82) is 0 Å². The molecule has 0 amide bonds. The van der Waals surface area contributed by atoms with Crippen LogP contribution in [0.4, 0.5) is 5.82 Å². The molecule has 2 fully saturated rings. The van der Waals surface area contributed by atoms with E-state index in [0.29, 0.717) is 23.4 Å². The fraction of sp³-hybridized carbons (Fsp3) is 0.360. The van der Waals surface area contributed by atoms with Crippen molar-refractivity contribution in [2.45, 2.75) is 37.6 Å². The summed E-state index contributed by atoms with van der Waals surface area (Å²) in [5.41, 5.74) is 13.6. The van der Waals surface area contributed by atoms with E-state index in [9.17, 15) is 0 Å². The molecule has 4 heterocycles. The number of hydrogen-bond donors (Lipinski definition) is 2. The van der Waals surface area contributed by atoms with Crippen molar-refractivity contribution in [2.24, 2.45) is 0 Å². The van der Waals surface area contributed by atoms with Crippen LogP contribution in [0.1, 0.15) is 48.8 Å². The number of pyridine rings is 2. The summed E-state index contributed by atoms with van der Waals surface area (Å²) in [6.45, 7) is 2.79. The maximum atomic E-state index is 6.21. The molecule has 0 aliphatic carbocycles. The molecule has 1 unspecified atom stereocenters. The first-order valence-electron chi connectivity index (χ1n) is 11.1. The van der Waals surface area contributed by atoms with Crippen LogP contribution in [0.15, 0.2) is 48.8 Å². The number of nitrogens with one attached hydrogen (secondary N) is 1. The van der Waals surface area contributed by atoms with Gasteiger partial charge in [-0.15, -0.1) is 0 Å². The molecule has 2 radical (unpaired) electrons. The number of ether oxygens (including phenoxy) is 1. The molecule has 1 atom stereocenters. The van der Waals surface area contributed by atoms with E-state index in [1.165, 1.54) is 24.0 Å². The first-order chi connectivity index (χ1) is 15.2. The Bertz CT molecular complexity index is 1070. The summed E-state index contributed by atoms with van der Waals surface area (Å²) in [7, 11) is 5.88. The number of aromatic nitrogens is 2. The van der Waals surface area contributed by atoms with Gasteiger partial charge in [-0.25, -0.2) is 4.98 Å². The lowest BCUT2D eigenvalue weighted by molar-refractivity contribution is 0.0851. The third-order valence-electron chi connectivity index (χ3n) is 6.53. The lowest BCUT2D eigenvalue weighted by atomic mass is 9.84. The van der Waals surface area contributed by atoms with Crippen LogP contribution in [0, 0.1) is 0 Å². The molecular weight excluding hydrogens is 383 g/mol. The topological polar surface area (TPSA) is 73.1 Å². The minimum Gasteiger partial charge on any atom is -0.383 e. The van der Waals surface area contributed by atoms with Crippen molar-refractivity contribution in [1.82, 2.24) is 15.3 Å². The molecule has 5 nitrogen and oxygen atoms in total. The SMILES string of the molecule is [B]c1cc(-c2cc(-c3ccc(C4CCOCC4)c(C4CCCN4)c3)cnc2N)ccn1. The molecule has 0 saturated carbocycles. The highest BCUT2D eigenvalue weighted by Crippen LogP contribution is 2.38. The molecule has 2 aromatic heterocycles. The Hall–Kier alpha value is -2.70. The van der Waals surface area contributed by atoms with E-state index in [1.807, 2.05) is 18.3 Å². The second kappa shape index (κ2) is 8.81. The predicted octanol–water partition coefficient (Wildman–Crippen LogP) is 3.51. The molecule has 3 aromatic rings. The Morgan fingerprint density at radius 3 is 2.58 bits per heavy atom. The van der Waals surface area contributed by atoms with Gasteiger partial charge in [0.1, 0.15) is 13.7 Å². The quantitative estimate of drug-likeness (QED) is 0.644. The van der Waals surface area contributed by atoms with E-state index in [-0.39, 0.29) is 0 Å². The Balaban J connectivity index is 1.56. The number of hydrogen-bond acceptors (Lipinski definition) is 5. The summed E-state index contributed by atoms with van der Waals surface area (Å²) < 4.78 is 5.61. The standard InChI is InChI=1S/C25H27BN4O/c26-24-14-18(5-9-29-24)21-13-19(15-30-25(21)27)17-3-4-20(16-6-10-31-11-7-16)22(12-17)23-2-1-8-28-23/h3-5,9,12-16,23,28H,1-2,6-8,10-11H2,(H2,27,30). The fourth-order valence-corrected chi connectivity index (χ4v) is 4.87. The number of anilines is 1. The zero-order chi connectivity index (χ0) is 21.2. The summed E-state index contributed by atoms with van der Waals surface area (Å²) >= 11 is 0. The van der Waals surface area contributed by atoms with Gasteiger partial charge in [0, 0.05) is 42.8 Å². The molecule has 2 saturated heterocycles. The molecule has 1 aromatic carbocycles. The van der Waals surface area contributed by atoms with Gasteiger partial charge in [-0.1, -0.05) is 12.1 Å². The van der Waals surface area contributed by atoms with Crippen LogP contribution in [0.3, 0.4) is 0 Å². The van der Waals surface area contributed by atoms with Gasteiger partial charge >= 0.3 is 0 Å². The minimum absolute atomic E-state index is 0.416. The maximum Gasteiger partial charge on any atom is 0.141 e. The fourth-order valence-electron chi connectivity index (χ4n) is 4.87. The second-order valence-corrected chi connectivity index (χ2v) is 8.51. The van der Waals surface area contributed by atoms with Gasteiger partial charge in [0.25, 0.3) is 0 Å². The molecule has 156 valence electrons. The number of nitrogens with zero attached hydrogens (tertiary/aromatic N) is 2. The number of nitrogen functional groups attached to an aromatic ring is 1. The van der Waals surface area contributed by atoms with E-state index in [4.69, 9.17) is 18.3 Å². The van der Waals surface area contributed by atoms with Crippen LogP contribution in [0.2, 0.25) is 0 Å². The highest BCUT2D eigenvalue weighted by Gasteiger charge is 2.25. The third kappa shape index (κ3) is 4.23. The lowest BCUT2D eigenvalue weighted by Crippen LogP contribution is -2.19. The highest BCUT2D eigenvalue weighted by atomic mass is 16.5. The first-order valence-corrected chi connectivity index (χ1v) is 11.1. The monoisotopic (exact) mass is 410 g/mol. The van der Waals surface area contributed by atoms with Gasteiger partial charge in [0.15, 0.2) is 0 Å². The maximum absolute atomic E-state index is 6.21. The van der Waals surface area contributed by atoms with Crippen molar-refractivity contribution in [3.05, 3.63) is 59.9 Å². The van der Waals surface area contributed by atoms with Crippen molar-refractivity contribution in [3.63, 3.8) is 0 Å². The number of nitrogens with two attached hydrogens (primary N) is 1. The summed E-state index contributed by atoms with van der Waals surface area (Å²) in [5.74, 6) is 1.06. The van der Waals surface area contributed by atoms with E-state index < -0.39 is 0 Å². The largest absolute Gasteiger partial charge is 0.383 e. The van der Waals surface area contributed by atoms with Crippen LogP contribution in [0.5, 0.6) is 0 Å². The van der Waals surface area contributed by atoms with Crippen molar-refractivity contribution >= 4 is 19.3 Å². The smallest absolute Gasteiger partial charge is 0.141 e. The first kappa shape index (κ1) is 20.2. The summed E-state index contributed by atoms with van der Waals surface area (Å²) in [4.78, 5) is 8.57. The highest BCUT2D eigenvalue weighted by molar-refractivity contribution is 6.30. The van der Waals surface area contributed by atoms with Crippen LogP contribution in [-0.2, 0) is 4.74 Å². The zero-order valence-electron chi connectivity index (χ0n) is 17.7. The Kier molecular flexibility index (Phi) is 5.75. The van der Waals surface area contributed by atoms with Gasteiger partial charge in [0.2, 0.25) is 0 Å². The normalized spacial score (nSPS) is 19.5. The lowest BCUT2D eigenvalue weighted by Gasteiger charge is -2.27. The van der Waals surface area contributed by atoms with Gasteiger partial charge in [0.05, 0.1) is 0 Å². The van der Waals surface area contributed by atoms with Crippen LogP contribution >= 0.6 is 0 Å². The number of rotatable bonds is 4. The summed E-state index contributed by atoms with van der Waals surface area (Å²) in [5, 5.41) is 3.70. The van der Waals surface area contributed by atoms with Crippen molar-refractivity contribution < 1.29 is 4.74 Å². The summed E-state index contributed by atoms with van der Waals surface area (Å²) in [6, 6.07) is 13.2. The molecule has 6 heteroatoms. The van der Waals surface area contributed by atoms with Gasteiger partial charge in [-0.3, -0.25) is 4.98 Å². The van der Waals surface area contributed by atoms with Crippen LogP contribution in [-0.4, -0.2) is 37.6 Å². The van der Waals surface area contributed by atoms with Crippen LogP contribution in [0.25, 0.3) is 22.3 Å². The molecule has 2 aliphatic heterocycles. The average Bonchev–Trinajstić information content (AvgIpc) is 3.35. The minimum atomic E-state index is 0.416. The molecule has 31 heavy (non-hydrogen) atoms. The van der Waals surface area contributed by atoms with Gasteiger partial charge in [-0.05, 0) is 90.3 Å².